The highest BCUT2D eigenvalue weighted by atomic mass is 14.8. The third-order valence-corrected chi connectivity index (χ3v) is 28.4. The first-order chi connectivity index (χ1) is 59.5. The van der Waals surface area contributed by atoms with Crippen LogP contribution in [-0.4, -0.2) is 19.9 Å². The Morgan fingerprint density at radius 3 is 0.425 bits per heavy atom. The standard InChI is InChI=1S/C116H206N4/c1-9-17-25-33-41-49-57-65-73-81-89-101-102(90-82-74-66-58-50-42-34-26-18-10-2)110-98-112-105(93-85-77-69-61-53-45-37-29-21-13-5)106(94-86-78-70-62-54-46-38-30-22-14-6)114(119-112)100-116-108(96-88-80-72-64-56-48-40-32-24-16-8)107(95-87-79-71-63-55-47-39-31-23-15-7)115(120-116)99-113-104(92-84-76-68-60-52-44-36-28-20-12-4)103(111(118-113)97-109(101)117-110)91-83-75-67-59-51-43-35-27-19-11-3/h97-100,117-118H,9-96H2,1-8H3. The van der Waals surface area contributed by atoms with Crippen LogP contribution in [0.25, 0.3) is 44.4 Å². The first-order valence-corrected chi connectivity index (χ1v) is 55.7. The lowest BCUT2D eigenvalue weighted by Crippen LogP contribution is -1.95. The minimum absolute atomic E-state index is 1.13. The summed E-state index contributed by atoms with van der Waals surface area (Å²) in [6, 6.07) is 10.8. The van der Waals surface area contributed by atoms with E-state index in [0.29, 0.717) is 0 Å². The molecule has 0 aromatic carbocycles. The van der Waals surface area contributed by atoms with E-state index in [1.54, 1.807) is 44.5 Å². The maximum absolute atomic E-state index is 6.24. The molecule has 0 spiro atoms. The molecular weight excluding hydrogens is 1450 g/mol. The molecule has 0 aliphatic carbocycles. The van der Waals surface area contributed by atoms with Gasteiger partial charge in [0, 0.05) is 22.1 Å². The van der Waals surface area contributed by atoms with E-state index in [1.165, 1.54) is 559 Å². The van der Waals surface area contributed by atoms with Crippen molar-refractivity contribution in [3.63, 3.8) is 0 Å². The number of hydrogen-bond donors (Lipinski definition) is 2. The second kappa shape index (κ2) is 76.8. The summed E-state index contributed by atoms with van der Waals surface area (Å²) in [6.45, 7) is 18.9. The Morgan fingerprint density at radius 1 is 0.142 bits per heavy atom. The van der Waals surface area contributed by atoms with Gasteiger partial charge in [-0.15, -0.1) is 0 Å². The number of aromatic nitrogens is 4. The number of nitrogens with one attached hydrogen (secondary N) is 2. The Balaban J connectivity index is 1.85. The largest absolute Gasteiger partial charge is 0.355 e. The molecule has 4 nitrogen and oxygen atoms in total. The molecule has 3 aromatic rings. The number of H-pyrrole nitrogens is 2. The Bertz CT molecular complexity index is 2890. The van der Waals surface area contributed by atoms with Crippen LogP contribution in [0.15, 0.2) is 24.3 Å². The fourth-order valence-corrected chi connectivity index (χ4v) is 20.5. The minimum Gasteiger partial charge on any atom is -0.355 e. The minimum atomic E-state index is 1.13. The van der Waals surface area contributed by atoms with Gasteiger partial charge in [-0.05, 0) is 172 Å². The Kier molecular flexibility index (Phi) is 68.6. The molecule has 5 rings (SSSR count). The van der Waals surface area contributed by atoms with Gasteiger partial charge in [0.1, 0.15) is 0 Å². The zero-order valence-corrected chi connectivity index (χ0v) is 82.4. The van der Waals surface area contributed by atoms with Crippen molar-refractivity contribution < 1.29 is 0 Å². The van der Waals surface area contributed by atoms with Crippen molar-refractivity contribution in [2.45, 2.75) is 620 Å². The molecule has 0 unspecified atom stereocenters. The molecule has 4 heteroatoms. The second-order valence-electron chi connectivity index (χ2n) is 39.5. The number of rotatable bonds is 88. The lowest BCUT2D eigenvalue weighted by molar-refractivity contribution is 0.554. The molecule has 0 fully saturated rings. The van der Waals surface area contributed by atoms with Gasteiger partial charge in [-0.25, -0.2) is 9.97 Å². The SMILES string of the molecule is CCCCCCCCCCCCC1=C(CCCCCCCCCCCC)c2cc3[nH]c(cc4[nH]c(cc5nc(cc1n2)C(CCCCCCCCCCCC)=C5CCCCCCCCCCCC)c(CCCCCCCCCCCC)c4CCCCCCCCCCCC)c(CCCCCCCCCCCC)c3CCCCCCCCCCCC. The lowest BCUT2D eigenvalue weighted by Gasteiger charge is -2.11. The van der Waals surface area contributed by atoms with Crippen LogP contribution in [0.2, 0.25) is 0 Å². The number of aryl methyl sites for hydroxylation is 4. The molecule has 0 radical (unpaired) electrons. The van der Waals surface area contributed by atoms with Gasteiger partial charge in [-0.2, -0.15) is 0 Å². The van der Waals surface area contributed by atoms with E-state index in [-0.39, 0.29) is 0 Å². The lowest BCUT2D eigenvalue weighted by atomic mass is 9.92. The van der Waals surface area contributed by atoms with Crippen LogP contribution in [0.3, 0.4) is 0 Å². The summed E-state index contributed by atoms with van der Waals surface area (Å²) in [5, 5.41) is 0. The average molecular weight is 1660 g/mol. The molecule has 2 N–H and O–H groups in total. The fourth-order valence-electron chi connectivity index (χ4n) is 20.5. The summed E-state index contributed by atoms with van der Waals surface area (Å²) in [5.74, 6) is 0. The predicted octanol–water partition coefficient (Wildman–Crippen LogP) is 41.2. The smallest absolute Gasteiger partial charge is 0.0694 e. The molecule has 690 valence electrons. The summed E-state index contributed by atoms with van der Waals surface area (Å²) in [6.07, 6.45) is 119. The Labute approximate surface area is 749 Å². The third-order valence-electron chi connectivity index (χ3n) is 28.4. The van der Waals surface area contributed by atoms with Gasteiger partial charge >= 0.3 is 0 Å². The predicted molar refractivity (Wildman–Crippen MR) is 543 cm³/mol. The zero-order valence-electron chi connectivity index (χ0n) is 82.4. The van der Waals surface area contributed by atoms with E-state index in [9.17, 15) is 0 Å². The summed E-state index contributed by atoms with van der Waals surface area (Å²) in [4.78, 5) is 21.5. The molecule has 0 amide bonds. The van der Waals surface area contributed by atoms with Gasteiger partial charge in [-0.3, -0.25) is 0 Å². The molecule has 5 heterocycles. The zero-order chi connectivity index (χ0) is 85.1. The van der Waals surface area contributed by atoms with Crippen LogP contribution < -0.4 is 0 Å². The molecule has 120 heavy (non-hydrogen) atoms. The van der Waals surface area contributed by atoms with Gasteiger partial charge in [0.15, 0.2) is 0 Å². The van der Waals surface area contributed by atoms with Crippen molar-refractivity contribution in [2.75, 3.05) is 0 Å². The van der Waals surface area contributed by atoms with E-state index in [4.69, 9.17) is 9.97 Å². The molecule has 0 saturated carbocycles. The number of allylic oxidation sites excluding steroid dienone is 4. The number of fused-ring (bicyclic) bond motifs is 8. The summed E-state index contributed by atoms with van der Waals surface area (Å²) in [5.41, 5.74) is 23.6. The topological polar surface area (TPSA) is 57.4 Å². The quantitative estimate of drug-likeness (QED) is 0.0554. The first kappa shape index (κ1) is 107. The van der Waals surface area contributed by atoms with Gasteiger partial charge < -0.3 is 9.97 Å². The van der Waals surface area contributed by atoms with Crippen molar-refractivity contribution in [3.8, 4) is 0 Å². The maximum Gasteiger partial charge on any atom is 0.0694 e. The van der Waals surface area contributed by atoms with E-state index in [0.717, 1.165) is 51.4 Å². The summed E-state index contributed by atoms with van der Waals surface area (Å²) in [7, 11) is 0. The molecular formula is C116H206N4. The summed E-state index contributed by atoms with van der Waals surface area (Å²) >= 11 is 0. The number of aromatic amines is 2. The Morgan fingerprint density at radius 2 is 0.267 bits per heavy atom. The van der Waals surface area contributed by atoms with Gasteiger partial charge in [0.2, 0.25) is 0 Å². The van der Waals surface area contributed by atoms with Gasteiger partial charge in [-0.1, -0.05) is 518 Å². The number of nitrogens with zero attached hydrogens (tertiary/aromatic N) is 2. The average Bonchev–Trinajstić information content (AvgIpc) is 1.61. The van der Waals surface area contributed by atoms with E-state index >= 15 is 0 Å². The molecule has 0 atom stereocenters. The third kappa shape index (κ3) is 49.6. The van der Waals surface area contributed by atoms with Crippen LogP contribution in [0.4, 0.5) is 0 Å². The highest BCUT2D eigenvalue weighted by Gasteiger charge is 2.26. The molecule has 0 saturated heterocycles. The fraction of sp³-hybridized carbons (Fsp3) is 0.828. The van der Waals surface area contributed by atoms with Crippen molar-refractivity contribution in [3.05, 3.63) is 69.3 Å². The molecule has 8 bridgehead atoms. The van der Waals surface area contributed by atoms with Crippen molar-refractivity contribution in [1.82, 2.24) is 19.9 Å². The van der Waals surface area contributed by atoms with Crippen LogP contribution in [-0.2, 0) is 25.7 Å². The maximum atomic E-state index is 6.24. The monoisotopic (exact) mass is 1660 g/mol. The Hall–Kier alpha value is -3.40. The van der Waals surface area contributed by atoms with Crippen LogP contribution in [0, 0.1) is 0 Å². The van der Waals surface area contributed by atoms with Crippen LogP contribution in [0.1, 0.15) is 640 Å². The molecule has 2 aliphatic rings. The number of hydrogen-bond acceptors (Lipinski definition) is 2. The van der Waals surface area contributed by atoms with Gasteiger partial charge in [0.25, 0.3) is 0 Å². The molecule has 2 aliphatic heterocycles. The highest BCUT2D eigenvalue weighted by Crippen LogP contribution is 2.43. The summed E-state index contributed by atoms with van der Waals surface area (Å²) < 4.78 is 0. The van der Waals surface area contributed by atoms with E-state index < -0.39 is 0 Å². The number of unbranched alkanes of at least 4 members (excludes halogenated alkanes) is 72. The normalized spacial score (nSPS) is 12.5. The van der Waals surface area contributed by atoms with Crippen molar-refractivity contribution >= 4 is 44.4 Å². The van der Waals surface area contributed by atoms with E-state index in [1.807, 2.05) is 0 Å². The van der Waals surface area contributed by atoms with Crippen LogP contribution >= 0.6 is 0 Å². The van der Waals surface area contributed by atoms with E-state index in [2.05, 4.69) is 89.6 Å². The first-order valence-electron chi connectivity index (χ1n) is 55.7. The van der Waals surface area contributed by atoms with Crippen LogP contribution in [0.5, 0.6) is 0 Å². The van der Waals surface area contributed by atoms with Crippen molar-refractivity contribution in [2.24, 2.45) is 0 Å². The van der Waals surface area contributed by atoms with Crippen molar-refractivity contribution in [1.29, 1.82) is 0 Å². The molecule has 3 aromatic heterocycles. The second-order valence-corrected chi connectivity index (χ2v) is 39.5. The highest BCUT2D eigenvalue weighted by molar-refractivity contribution is 5.96. The van der Waals surface area contributed by atoms with Gasteiger partial charge in [0.05, 0.1) is 22.8 Å².